The van der Waals surface area contributed by atoms with Gasteiger partial charge in [-0.05, 0) is 19.3 Å². The predicted octanol–water partition coefficient (Wildman–Crippen LogP) is 1.83. The molecular formula is C11H19NO4. The van der Waals surface area contributed by atoms with Gasteiger partial charge in [0.2, 0.25) is 6.04 Å². The summed E-state index contributed by atoms with van der Waals surface area (Å²) in [6.07, 6.45) is 3.27. The van der Waals surface area contributed by atoms with Gasteiger partial charge >= 0.3 is 0 Å². The maximum atomic E-state index is 10.9. The lowest BCUT2D eigenvalue weighted by atomic mass is 9.89. The Morgan fingerprint density at radius 3 is 2.56 bits per heavy atom. The first-order chi connectivity index (χ1) is 7.70. The molecule has 1 heterocycles. The molecule has 2 aliphatic rings. The maximum Gasteiger partial charge on any atom is 0.216 e. The molecule has 0 N–H and O–H groups in total. The molecule has 16 heavy (non-hydrogen) atoms. The van der Waals surface area contributed by atoms with Crippen LogP contribution in [-0.2, 0) is 9.47 Å². The Hall–Kier alpha value is -0.680. The van der Waals surface area contributed by atoms with Crippen molar-refractivity contribution in [2.75, 3.05) is 13.2 Å². The molecule has 0 amide bonds. The van der Waals surface area contributed by atoms with E-state index in [-0.39, 0.29) is 23.0 Å². The van der Waals surface area contributed by atoms with E-state index in [0.717, 1.165) is 19.3 Å². The summed E-state index contributed by atoms with van der Waals surface area (Å²) in [7, 11) is 0. The fourth-order valence-electron chi connectivity index (χ4n) is 2.86. The highest BCUT2D eigenvalue weighted by Gasteiger charge is 2.43. The Balaban J connectivity index is 1.96. The molecule has 0 radical (unpaired) electrons. The molecule has 0 bridgehead atoms. The Labute approximate surface area is 95.3 Å². The van der Waals surface area contributed by atoms with Crippen molar-refractivity contribution >= 4 is 0 Å². The third-order valence-electron chi connectivity index (χ3n) is 3.76. The summed E-state index contributed by atoms with van der Waals surface area (Å²) in [5, 5.41) is 10.9. The van der Waals surface area contributed by atoms with Gasteiger partial charge < -0.3 is 9.47 Å². The first-order valence-corrected chi connectivity index (χ1v) is 6.07. The molecule has 1 aliphatic carbocycles. The highest BCUT2D eigenvalue weighted by atomic mass is 16.7. The lowest BCUT2D eigenvalue weighted by Crippen LogP contribution is -2.39. The maximum absolute atomic E-state index is 10.9. The molecule has 1 saturated carbocycles. The highest BCUT2D eigenvalue weighted by molar-refractivity contribution is 4.83. The number of rotatable bonds is 3. The second kappa shape index (κ2) is 5.10. The van der Waals surface area contributed by atoms with E-state index in [0.29, 0.717) is 19.6 Å². The number of nitrogens with zero attached hydrogens (tertiary/aromatic N) is 1. The van der Waals surface area contributed by atoms with Crippen LogP contribution >= 0.6 is 0 Å². The largest absolute Gasteiger partial charge is 0.352 e. The summed E-state index contributed by atoms with van der Waals surface area (Å²) in [5.74, 6) is 0.233. The van der Waals surface area contributed by atoms with Crippen LogP contribution in [0, 0.1) is 22.0 Å². The van der Waals surface area contributed by atoms with Gasteiger partial charge in [-0.15, -0.1) is 0 Å². The van der Waals surface area contributed by atoms with Crippen LogP contribution < -0.4 is 0 Å². The van der Waals surface area contributed by atoms with E-state index in [1.807, 2.05) is 6.92 Å². The Kier molecular flexibility index (Phi) is 3.76. The van der Waals surface area contributed by atoms with Crippen LogP contribution in [0.15, 0.2) is 0 Å². The van der Waals surface area contributed by atoms with Gasteiger partial charge in [-0.2, -0.15) is 0 Å². The van der Waals surface area contributed by atoms with E-state index >= 15 is 0 Å². The van der Waals surface area contributed by atoms with Gasteiger partial charge in [-0.3, -0.25) is 10.1 Å². The molecule has 0 aromatic heterocycles. The summed E-state index contributed by atoms with van der Waals surface area (Å²) in [6.45, 7) is 3.44. The van der Waals surface area contributed by atoms with Crippen LogP contribution in [0.3, 0.4) is 0 Å². The van der Waals surface area contributed by atoms with Crippen LogP contribution in [-0.4, -0.2) is 30.5 Å². The molecule has 0 aromatic carbocycles. The van der Waals surface area contributed by atoms with E-state index in [2.05, 4.69) is 0 Å². The van der Waals surface area contributed by atoms with Crippen LogP contribution in [0.1, 0.15) is 32.6 Å². The minimum atomic E-state index is -0.399. The summed E-state index contributed by atoms with van der Waals surface area (Å²) in [6, 6.07) is -0.399. The topological polar surface area (TPSA) is 61.6 Å². The second-order valence-electron chi connectivity index (χ2n) is 4.77. The van der Waals surface area contributed by atoms with E-state index in [9.17, 15) is 10.1 Å². The summed E-state index contributed by atoms with van der Waals surface area (Å²) in [5.41, 5.74) is 0. The number of ether oxygens (including phenoxy) is 2. The molecule has 1 saturated heterocycles. The van der Waals surface area contributed by atoms with Crippen molar-refractivity contribution in [2.45, 2.75) is 44.9 Å². The van der Waals surface area contributed by atoms with Crippen molar-refractivity contribution in [1.29, 1.82) is 0 Å². The summed E-state index contributed by atoms with van der Waals surface area (Å²) >= 11 is 0. The molecule has 5 nitrogen and oxygen atoms in total. The van der Waals surface area contributed by atoms with Gasteiger partial charge in [0.25, 0.3) is 0 Å². The fourth-order valence-corrected chi connectivity index (χ4v) is 2.86. The zero-order valence-corrected chi connectivity index (χ0v) is 9.63. The number of hydrogen-bond acceptors (Lipinski definition) is 4. The van der Waals surface area contributed by atoms with Crippen molar-refractivity contribution in [2.24, 2.45) is 11.8 Å². The van der Waals surface area contributed by atoms with Crippen molar-refractivity contribution in [3.05, 3.63) is 10.1 Å². The molecule has 2 rings (SSSR count). The minimum Gasteiger partial charge on any atom is -0.352 e. The fraction of sp³-hybridized carbons (Fsp3) is 1.00. The zero-order chi connectivity index (χ0) is 11.5. The van der Waals surface area contributed by atoms with Crippen LogP contribution in [0.4, 0.5) is 0 Å². The van der Waals surface area contributed by atoms with Crippen molar-refractivity contribution in [1.82, 2.24) is 0 Å². The molecule has 3 atom stereocenters. The Bertz CT molecular complexity index is 252. The molecule has 0 aromatic rings. The SMILES string of the molecule is C[C@@H](C1OCCCO1)[C@@H]1CCC[C@@H]1[N+](=O)[O-]. The Morgan fingerprint density at radius 2 is 1.94 bits per heavy atom. The van der Waals surface area contributed by atoms with Crippen molar-refractivity contribution in [3.63, 3.8) is 0 Å². The van der Waals surface area contributed by atoms with Gasteiger partial charge in [0.15, 0.2) is 6.29 Å². The molecule has 0 unspecified atom stereocenters. The first-order valence-electron chi connectivity index (χ1n) is 6.07. The van der Waals surface area contributed by atoms with Gasteiger partial charge in [-0.25, -0.2) is 0 Å². The minimum absolute atomic E-state index is 0.109. The predicted molar refractivity (Wildman–Crippen MR) is 57.6 cm³/mol. The van der Waals surface area contributed by atoms with Crippen molar-refractivity contribution < 1.29 is 14.4 Å². The van der Waals surface area contributed by atoms with E-state index in [4.69, 9.17) is 9.47 Å². The molecule has 1 aliphatic heterocycles. The van der Waals surface area contributed by atoms with Gasteiger partial charge in [-0.1, -0.05) is 6.92 Å². The van der Waals surface area contributed by atoms with E-state index in [1.165, 1.54) is 0 Å². The highest BCUT2D eigenvalue weighted by Crippen LogP contribution is 2.36. The van der Waals surface area contributed by atoms with E-state index < -0.39 is 6.04 Å². The standard InChI is InChI=1S/C11H19NO4/c1-8(11-15-6-3-7-16-11)9-4-2-5-10(9)12(13)14/h8-11H,2-7H2,1H3/t8-,9+,10+/m1/s1. The van der Waals surface area contributed by atoms with Gasteiger partial charge in [0.05, 0.1) is 13.2 Å². The molecule has 92 valence electrons. The lowest BCUT2D eigenvalue weighted by molar-refractivity contribution is -0.531. The smallest absolute Gasteiger partial charge is 0.216 e. The normalized spacial score (nSPS) is 33.8. The summed E-state index contributed by atoms with van der Waals surface area (Å²) in [4.78, 5) is 10.8. The molecule has 2 fully saturated rings. The average molecular weight is 229 g/mol. The Morgan fingerprint density at radius 1 is 1.25 bits per heavy atom. The van der Waals surface area contributed by atoms with Crippen LogP contribution in [0.25, 0.3) is 0 Å². The lowest BCUT2D eigenvalue weighted by Gasteiger charge is -2.31. The summed E-state index contributed by atoms with van der Waals surface area (Å²) < 4.78 is 11.1. The first kappa shape index (κ1) is 11.8. The zero-order valence-electron chi connectivity index (χ0n) is 9.63. The van der Waals surface area contributed by atoms with Gasteiger partial charge in [0.1, 0.15) is 0 Å². The monoisotopic (exact) mass is 229 g/mol. The third kappa shape index (κ3) is 2.35. The number of hydrogen-bond donors (Lipinski definition) is 0. The molecule has 5 heteroatoms. The van der Waals surface area contributed by atoms with E-state index in [1.54, 1.807) is 0 Å². The van der Waals surface area contributed by atoms with Crippen LogP contribution in [0.2, 0.25) is 0 Å². The average Bonchev–Trinajstić information content (AvgIpc) is 2.78. The molecule has 0 spiro atoms. The second-order valence-corrected chi connectivity index (χ2v) is 4.77. The van der Waals surface area contributed by atoms with Crippen LogP contribution in [0.5, 0.6) is 0 Å². The van der Waals surface area contributed by atoms with Gasteiger partial charge in [0, 0.05) is 23.2 Å². The third-order valence-corrected chi connectivity index (χ3v) is 3.76. The molecular weight excluding hydrogens is 210 g/mol. The number of nitro groups is 1. The van der Waals surface area contributed by atoms with Crippen molar-refractivity contribution in [3.8, 4) is 0 Å². The quantitative estimate of drug-likeness (QED) is 0.547.